The third kappa shape index (κ3) is 10.7. The van der Waals surface area contributed by atoms with Crippen molar-refractivity contribution in [3.05, 3.63) is 34.9 Å². The average molecular weight is 518 g/mol. The smallest absolute Gasteiger partial charge is 0.408 e. The van der Waals surface area contributed by atoms with Crippen LogP contribution >= 0.6 is 0 Å². The Balaban J connectivity index is 3.58. The summed E-state index contributed by atoms with van der Waals surface area (Å²) in [6, 6.07) is 4.30. The number of carbonyl (C=O) groups is 3. The van der Waals surface area contributed by atoms with Crippen molar-refractivity contribution in [1.29, 1.82) is 0 Å². The van der Waals surface area contributed by atoms with Crippen molar-refractivity contribution < 1.29 is 19.1 Å². The molecule has 1 aromatic carbocycles. The van der Waals surface area contributed by atoms with Gasteiger partial charge in [0.1, 0.15) is 17.7 Å². The van der Waals surface area contributed by atoms with Crippen LogP contribution in [0.1, 0.15) is 110 Å². The molecule has 0 aromatic heterocycles. The number of ether oxygens (including phenoxy) is 1. The molecule has 0 radical (unpaired) electrons. The van der Waals surface area contributed by atoms with Crippen molar-refractivity contribution in [3.8, 4) is 0 Å². The molecule has 0 heterocycles. The molecule has 0 aliphatic rings. The molecule has 3 amide bonds. The fourth-order valence-electron chi connectivity index (χ4n) is 4.55. The predicted molar refractivity (Wildman–Crippen MR) is 150 cm³/mol. The molecule has 210 valence electrons. The highest BCUT2D eigenvalue weighted by atomic mass is 16.6. The van der Waals surface area contributed by atoms with Crippen LogP contribution in [0.5, 0.6) is 0 Å². The summed E-state index contributed by atoms with van der Waals surface area (Å²) in [5.41, 5.74) is 2.07. The molecule has 0 aliphatic heterocycles. The Labute approximate surface area is 225 Å². The minimum absolute atomic E-state index is 0.0150. The van der Waals surface area contributed by atoms with Gasteiger partial charge in [-0.15, -0.1) is 0 Å². The van der Waals surface area contributed by atoms with E-state index in [-0.39, 0.29) is 23.8 Å². The molecule has 1 rings (SSSR count). The number of benzene rings is 1. The van der Waals surface area contributed by atoms with Crippen LogP contribution in [0.2, 0.25) is 0 Å². The zero-order chi connectivity index (χ0) is 28.3. The van der Waals surface area contributed by atoms with E-state index in [1.807, 2.05) is 52.8 Å². The molecule has 1 aromatic rings. The summed E-state index contributed by atoms with van der Waals surface area (Å²) >= 11 is 0. The number of alkyl carbamates (subject to hydrolysis) is 1. The number of nitrogens with one attached hydrogen (secondary N) is 2. The molecule has 0 aliphatic carbocycles. The largest absolute Gasteiger partial charge is 0.444 e. The van der Waals surface area contributed by atoms with Crippen molar-refractivity contribution in [2.24, 2.45) is 5.92 Å². The summed E-state index contributed by atoms with van der Waals surface area (Å²) in [7, 11) is 0. The van der Waals surface area contributed by atoms with Crippen LogP contribution in [0.15, 0.2) is 18.2 Å². The van der Waals surface area contributed by atoms with Crippen LogP contribution in [-0.2, 0) is 14.3 Å². The van der Waals surface area contributed by atoms with Gasteiger partial charge in [-0.25, -0.2) is 4.79 Å². The van der Waals surface area contributed by atoms with E-state index in [9.17, 15) is 14.4 Å². The van der Waals surface area contributed by atoms with Gasteiger partial charge in [-0.3, -0.25) is 9.59 Å². The van der Waals surface area contributed by atoms with Gasteiger partial charge in [-0.05, 0) is 83.4 Å². The minimum atomic E-state index is -0.806. The maximum absolute atomic E-state index is 14.2. The van der Waals surface area contributed by atoms with E-state index in [2.05, 4.69) is 24.5 Å². The van der Waals surface area contributed by atoms with Gasteiger partial charge in [0, 0.05) is 12.6 Å². The lowest BCUT2D eigenvalue weighted by Crippen LogP contribution is -2.54. The van der Waals surface area contributed by atoms with Gasteiger partial charge in [0.2, 0.25) is 11.8 Å². The Hall–Kier alpha value is -2.57. The van der Waals surface area contributed by atoms with Crippen LogP contribution in [-0.4, -0.2) is 47.0 Å². The topological polar surface area (TPSA) is 87.7 Å². The Morgan fingerprint density at radius 3 is 2.05 bits per heavy atom. The zero-order valence-electron chi connectivity index (χ0n) is 24.9. The summed E-state index contributed by atoms with van der Waals surface area (Å²) in [5, 5.41) is 5.97. The summed E-state index contributed by atoms with van der Waals surface area (Å²) in [6.07, 6.45) is 3.21. The quantitative estimate of drug-likeness (QED) is 0.325. The lowest BCUT2D eigenvalue weighted by atomic mass is 9.92. The normalized spacial score (nSPS) is 14.0. The first kappa shape index (κ1) is 32.5. The molecule has 0 fully saturated rings. The third-order valence-corrected chi connectivity index (χ3v) is 6.22. The zero-order valence-corrected chi connectivity index (χ0v) is 24.9. The highest BCUT2D eigenvalue weighted by Gasteiger charge is 2.37. The second kappa shape index (κ2) is 15.0. The van der Waals surface area contributed by atoms with E-state index in [1.54, 1.807) is 25.7 Å². The number of nitrogens with zero attached hydrogens (tertiary/aromatic N) is 1. The first-order chi connectivity index (χ1) is 17.2. The molecule has 2 N–H and O–H groups in total. The molecule has 7 heteroatoms. The minimum Gasteiger partial charge on any atom is -0.444 e. The lowest BCUT2D eigenvalue weighted by Gasteiger charge is -2.36. The molecule has 37 heavy (non-hydrogen) atoms. The SMILES string of the molecule is CCCCN(C(=O)C(CC(C)C)NC(=O)OC(C)(C)C)C(C(=O)NC(C)CCC)c1c(C)cccc1C. The summed E-state index contributed by atoms with van der Waals surface area (Å²) in [4.78, 5) is 42.5. The molecular formula is C30H51N3O4. The number of aryl methyl sites for hydroxylation is 2. The molecule has 0 bridgehead atoms. The van der Waals surface area contributed by atoms with E-state index in [1.165, 1.54) is 0 Å². The summed E-state index contributed by atoms with van der Waals surface area (Å²) in [5.74, 6) is -0.309. The fraction of sp³-hybridized carbons (Fsp3) is 0.700. The monoisotopic (exact) mass is 517 g/mol. The van der Waals surface area contributed by atoms with Crippen molar-refractivity contribution >= 4 is 17.9 Å². The number of unbranched alkanes of at least 4 members (excludes halogenated alkanes) is 1. The molecule has 0 saturated carbocycles. The first-order valence-electron chi connectivity index (χ1n) is 13.9. The van der Waals surface area contributed by atoms with Crippen molar-refractivity contribution in [1.82, 2.24) is 15.5 Å². The van der Waals surface area contributed by atoms with E-state index >= 15 is 0 Å². The standard InChI is InChI=1S/C30H51N3O4/c1-11-13-18-33(28(35)24(19-20(3)4)32-29(36)37-30(8,9)10)26(27(34)31-23(7)15-12-2)25-21(5)16-14-17-22(25)6/h14,16-17,20,23-24,26H,11-13,15,18-19H2,1-10H3,(H,31,34)(H,32,36). The van der Waals surface area contributed by atoms with Crippen molar-refractivity contribution in [2.45, 2.75) is 125 Å². The van der Waals surface area contributed by atoms with Gasteiger partial charge < -0.3 is 20.3 Å². The van der Waals surface area contributed by atoms with E-state index < -0.39 is 23.8 Å². The third-order valence-electron chi connectivity index (χ3n) is 6.22. The van der Waals surface area contributed by atoms with Gasteiger partial charge >= 0.3 is 6.09 Å². The maximum Gasteiger partial charge on any atom is 0.408 e. The molecule has 3 unspecified atom stereocenters. The number of carbonyl (C=O) groups excluding carboxylic acids is 3. The van der Waals surface area contributed by atoms with Crippen LogP contribution in [0.25, 0.3) is 0 Å². The highest BCUT2D eigenvalue weighted by molar-refractivity contribution is 5.92. The number of hydrogen-bond donors (Lipinski definition) is 2. The fourth-order valence-corrected chi connectivity index (χ4v) is 4.55. The first-order valence-corrected chi connectivity index (χ1v) is 13.9. The van der Waals surface area contributed by atoms with Gasteiger partial charge in [0.05, 0.1) is 0 Å². The van der Waals surface area contributed by atoms with E-state index in [0.29, 0.717) is 13.0 Å². The molecule has 0 spiro atoms. The molecule has 7 nitrogen and oxygen atoms in total. The second-order valence-electron chi connectivity index (χ2n) is 11.6. The second-order valence-corrected chi connectivity index (χ2v) is 11.6. The average Bonchev–Trinajstić information content (AvgIpc) is 2.75. The van der Waals surface area contributed by atoms with Gasteiger partial charge in [-0.2, -0.15) is 0 Å². The van der Waals surface area contributed by atoms with Crippen LogP contribution < -0.4 is 10.6 Å². The van der Waals surface area contributed by atoms with Gasteiger partial charge in [0.15, 0.2) is 0 Å². The molecule has 0 saturated heterocycles. The van der Waals surface area contributed by atoms with Gasteiger partial charge in [-0.1, -0.05) is 58.7 Å². The Kier molecular flexibility index (Phi) is 13.2. The Bertz CT molecular complexity index is 871. The Morgan fingerprint density at radius 1 is 0.973 bits per heavy atom. The summed E-state index contributed by atoms with van der Waals surface area (Å²) < 4.78 is 5.47. The van der Waals surface area contributed by atoms with Crippen LogP contribution in [0.3, 0.4) is 0 Å². The van der Waals surface area contributed by atoms with Gasteiger partial charge in [0.25, 0.3) is 0 Å². The highest BCUT2D eigenvalue weighted by Crippen LogP contribution is 2.30. The number of rotatable bonds is 13. The van der Waals surface area contributed by atoms with Crippen LogP contribution in [0, 0.1) is 19.8 Å². The van der Waals surface area contributed by atoms with E-state index in [4.69, 9.17) is 4.74 Å². The lowest BCUT2D eigenvalue weighted by molar-refractivity contribution is -0.143. The van der Waals surface area contributed by atoms with Crippen LogP contribution in [0.4, 0.5) is 4.79 Å². The molecule has 3 atom stereocenters. The summed E-state index contributed by atoms with van der Waals surface area (Å²) in [6.45, 7) is 19.9. The molecular weight excluding hydrogens is 466 g/mol. The van der Waals surface area contributed by atoms with Crippen molar-refractivity contribution in [3.63, 3.8) is 0 Å². The Morgan fingerprint density at radius 2 is 1.57 bits per heavy atom. The number of amides is 3. The maximum atomic E-state index is 14.2. The van der Waals surface area contributed by atoms with E-state index in [0.717, 1.165) is 42.4 Å². The predicted octanol–water partition coefficient (Wildman–Crippen LogP) is 6.22. The number of hydrogen-bond acceptors (Lipinski definition) is 4. The van der Waals surface area contributed by atoms with Crippen molar-refractivity contribution in [2.75, 3.05) is 6.54 Å².